The van der Waals surface area contributed by atoms with Gasteiger partial charge in [0.15, 0.2) is 11.9 Å². The fourth-order valence-corrected chi connectivity index (χ4v) is 2.40. The second-order valence-electron chi connectivity index (χ2n) is 4.93. The van der Waals surface area contributed by atoms with Crippen LogP contribution in [0.15, 0.2) is 6.07 Å². The third-order valence-corrected chi connectivity index (χ3v) is 3.54. The molecule has 0 aliphatic carbocycles. The van der Waals surface area contributed by atoms with Crippen LogP contribution >= 0.6 is 11.6 Å². The van der Waals surface area contributed by atoms with Gasteiger partial charge in [0.1, 0.15) is 0 Å². The number of rotatable bonds is 1. The zero-order chi connectivity index (χ0) is 13.6. The van der Waals surface area contributed by atoms with Crippen LogP contribution in [0.1, 0.15) is 19.4 Å². The Morgan fingerprint density at radius 1 is 1.50 bits per heavy atom. The van der Waals surface area contributed by atoms with E-state index in [2.05, 4.69) is 0 Å². The van der Waals surface area contributed by atoms with E-state index in [4.69, 9.17) is 22.1 Å². The van der Waals surface area contributed by atoms with E-state index in [1.807, 2.05) is 20.8 Å². The summed E-state index contributed by atoms with van der Waals surface area (Å²) in [6, 6.07) is 1.66. The van der Waals surface area contributed by atoms with Gasteiger partial charge in [0.05, 0.1) is 10.7 Å². The molecule has 0 saturated carbocycles. The first kappa shape index (κ1) is 13.0. The Morgan fingerprint density at radius 2 is 2.11 bits per heavy atom. The van der Waals surface area contributed by atoms with Gasteiger partial charge in [0.25, 0.3) is 5.91 Å². The van der Waals surface area contributed by atoms with Crippen molar-refractivity contribution in [2.24, 2.45) is 5.92 Å². The highest BCUT2D eigenvalue weighted by molar-refractivity contribution is 6.33. The summed E-state index contributed by atoms with van der Waals surface area (Å²) in [7, 11) is 1.72. The molecular weight excluding hydrogens is 252 g/mol. The molecule has 18 heavy (non-hydrogen) atoms. The van der Waals surface area contributed by atoms with Crippen LogP contribution in [-0.4, -0.2) is 19.1 Å². The van der Waals surface area contributed by atoms with E-state index < -0.39 is 6.10 Å². The van der Waals surface area contributed by atoms with Gasteiger partial charge in [-0.3, -0.25) is 4.79 Å². The molecule has 1 aliphatic heterocycles. The standard InChI is InChI=1S/C13H17ClN2O2/c1-6(2)11-13(17)16(4)10-7(3)9(15)5-8(14)12(10)18-11/h5-6,11H,15H2,1-4H3. The number of hydrogen-bond acceptors (Lipinski definition) is 3. The number of hydrogen-bond donors (Lipinski definition) is 1. The quantitative estimate of drug-likeness (QED) is 0.797. The van der Waals surface area contributed by atoms with Crippen molar-refractivity contribution in [3.05, 3.63) is 16.7 Å². The maximum absolute atomic E-state index is 12.2. The molecule has 0 bridgehead atoms. The molecule has 1 heterocycles. The molecular formula is C13H17ClN2O2. The van der Waals surface area contributed by atoms with Gasteiger partial charge in [-0.15, -0.1) is 0 Å². The summed E-state index contributed by atoms with van der Waals surface area (Å²) < 4.78 is 5.76. The minimum absolute atomic E-state index is 0.0673. The van der Waals surface area contributed by atoms with Gasteiger partial charge in [-0.1, -0.05) is 25.4 Å². The molecule has 0 fully saturated rings. The van der Waals surface area contributed by atoms with Crippen molar-refractivity contribution in [1.82, 2.24) is 0 Å². The molecule has 4 nitrogen and oxygen atoms in total. The number of carbonyl (C=O) groups excluding carboxylic acids is 1. The molecule has 1 aromatic rings. The van der Waals surface area contributed by atoms with Crippen LogP contribution in [0.25, 0.3) is 0 Å². The zero-order valence-corrected chi connectivity index (χ0v) is 11.7. The number of fused-ring (bicyclic) bond motifs is 1. The van der Waals surface area contributed by atoms with Crippen LogP contribution in [0.4, 0.5) is 11.4 Å². The second kappa shape index (κ2) is 4.35. The molecule has 0 spiro atoms. The number of nitrogens with two attached hydrogens (primary N) is 1. The average molecular weight is 269 g/mol. The number of ether oxygens (including phenoxy) is 1. The Balaban J connectivity index is 2.62. The lowest BCUT2D eigenvalue weighted by molar-refractivity contribution is -0.127. The number of amides is 1. The average Bonchev–Trinajstić information content (AvgIpc) is 2.29. The van der Waals surface area contributed by atoms with Crippen molar-refractivity contribution in [2.75, 3.05) is 17.7 Å². The first-order chi connectivity index (χ1) is 8.34. The smallest absolute Gasteiger partial charge is 0.268 e. The molecule has 0 radical (unpaired) electrons. The largest absolute Gasteiger partial charge is 0.477 e. The van der Waals surface area contributed by atoms with E-state index >= 15 is 0 Å². The van der Waals surface area contributed by atoms with E-state index in [1.54, 1.807) is 18.0 Å². The summed E-state index contributed by atoms with van der Waals surface area (Å²) in [5, 5.41) is 0.443. The van der Waals surface area contributed by atoms with Crippen molar-refractivity contribution < 1.29 is 9.53 Å². The molecule has 0 aromatic heterocycles. The van der Waals surface area contributed by atoms with Crippen LogP contribution in [-0.2, 0) is 4.79 Å². The SMILES string of the molecule is Cc1c(N)cc(Cl)c2c1N(C)C(=O)C(C(C)C)O2. The first-order valence-electron chi connectivity index (χ1n) is 5.87. The second-order valence-corrected chi connectivity index (χ2v) is 5.34. The monoisotopic (exact) mass is 268 g/mol. The number of nitrogens with zero attached hydrogens (tertiary/aromatic N) is 1. The van der Waals surface area contributed by atoms with Gasteiger partial charge in [0.2, 0.25) is 0 Å². The highest BCUT2D eigenvalue weighted by Crippen LogP contribution is 2.44. The normalized spacial score (nSPS) is 18.9. The first-order valence-corrected chi connectivity index (χ1v) is 6.25. The molecule has 1 aliphatic rings. The Labute approximate surface area is 112 Å². The minimum atomic E-state index is -0.497. The van der Waals surface area contributed by atoms with Crippen LogP contribution in [0, 0.1) is 12.8 Å². The fourth-order valence-electron chi connectivity index (χ4n) is 2.15. The van der Waals surface area contributed by atoms with Crippen molar-refractivity contribution in [1.29, 1.82) is 0 Å². The third-order valence-electron chi connectivity index (χ3n) is 3.26. The number of carbonyl (C=O) groups is 1. The Morgan fingerprint density at radius 3 is 2.67 bits per heavy atom. The minimum Gasteiger partial charge on any atom is -0.477 e. The van der Waals surface area contributed by atoms with E-state index in [0.29, 0.717) is 22.1 Å². The molecule has 2 N–H and O–H groups in total. The van der Waals surface area contributed by atoms with E-state index in [1.165, 1.54) is 0 Å². The van der Waals surface area contributed by atoms with Crippen LogP contribution in [0.3, 0.4) is 0 Å². The van der Waals surface area contributed by atoms with Crippen molar-refractivity contribution in [3.63, 3.8) is 0 Å². The van der Waals surface area contributed by atoms with Crippen LogP contribution in [0.2, 0.25) is 5.02 Å². The van der Waals surface area contributed by atoms with E-state index in [9.17, 15) is 4.79 Å². The third kappa shape index (κ3) is 1.81. The zero-order valence-electron chi connectivity index (χ0n) is 11.0. The van der Waals surface area contributed by atoms with Gasteiger partial charge in [-0.05, 0) is 24.5 Å². The number of benzene rings is 1. The van der Waals surface area contributed by atoms with Gasteiger partial charge >= 0.3 is 0 Å². The summed E-state index contributed by atoms with van der Waals surface area (Å²) in [5.74, 6) is 0.563. The maximum atomic E-state index is 12.2. The lowest BCUT2D eigenvalue weighted by Gasteiger charge is -2.35. The molecule has 1 unspecified atom stereocenters. The van der Waals surface area contributed by atoms with Crippen LogP contribution in [0.5, 0.6) is 5.75 Å². The Bertz CT molecular complexity index is 514. The summed E-state index contributed by atoms with van der Waals surface area (Å²) in [5.41, 5.74) is 7.91. The summed E-state index contributed by atoms with van der Waals surface area (Å²) >= 11 is 6.16. The molecule has 2 rings (SSSR count). The van der Waals surface area contributed by atoms with Crippen molar-refractivity contribution in [2.45, 2.75) is 26.9 Å². The summed E-state index contributed by atoms with van der Waals surface area (Å²) in [6.45, 7) is 5.74. The van der Waals surface area contributed by atoms with E-state index in [-0.39, 0.29) is 11.8 Å². The van der Waals surface area contributed by atoms with Crippen LogP contribution < -0.4 is 15.4 Å². The Hall–Kier alpha value is -1.42. The fraction of sp³-hybridized carbons (Fsp3) is 0.462. The van der Waals surface area contributed by atoms with Crippen molar-refractivity contribution >= 4 is 28.9 Å². The van der Waals surface area contributed by atoms with Gasteiger partial charge in [-0.25, -0.2) is 0 Å². The van der Waals surface area contributed by atoms with Crippen molar-refractivity contribution in [3.8, 4) is 5.75 Å². The molecule has 98 valence electrons. The van der Waals surface area contributed by atoms with Gasteiger partial charge < -0.3 is 15.4 Å². The topological polar surface area (TPSA) is 55.6 Å². The lowest BCUT2D eigenvalue weighted by atomic mass is 10.0. The molecule has 1 amide bonds. The van der Waals surface area contributed by atoms with Gasteiger partial charge in [-0.2, -0.15) is 0 Å². The molecule has 1 aromatic carbocycles. The van der Waals surface area contributed by atoms with Gasteiger partial charge in [0, 0.05) is 12.7 Å². The Kier molecular flexibility index (Phi) is 3.15. The number of halogens is 1. The van der Waals surface area contributed by atoms with E-state index in [0.717, 1.165) is 5.56 Å². The predicted molar refractivity (Wildman–Crippen MR) is 73.3 cm³/mol. The highest BCUT2D eigenvalue weighted by Gasteiger charge is 2.36. The highest BCUT2D eigenvalue weighted by atomic mass is 35.5. The summed E-state index contributed by atoms with van der Waals surface area (Å²) in [6.07, 6.45) is -0.497. The predicted octanol–water partition coefficient (Wildman–Crippen LogP) is 2.61. The molecule has 0 saturated heterocycles. The number of anilines is 2. The molecule has 1 atom stereocenters. The lowest BCUT2D eigenvalue weighted by Crippen LogP contribution is -2.46. The molecule has 5 heteroatoms. The number of likely N-dealkylation sites (N-methyl/N-ethyl adjacent to an activating group) is 1. The maximum Gasteiger partial charge on any atom is 0.268 e. The summed E-state index contributed by atoms with van der Waals surface area (Å²) in [4.78, 5) is 13.8. The number of nitrogen functional groups attached to an aromatic ring is 1.